The van der Waals surface area contributed by atoms with Gasteiger partial charge in [-0.05, 0) is 39.7 Å². The van der Waals surface area contributed by atoms with Crippen LogP contribution in [0.25, 0.3) is 6.08 Å². The van der Waals surface area contributed by atoms with Gasteiger partial charge in [0.1, 0.15) is 0 Å². The molecule has 0 saturated carbocycles. The van der Waals surface area contributed by atoms with Gasteiger partial charge in [0, 0.05) is 11.1 Å². The zero-order chi connectivity index (χ0) is 16.8. The fourth-order valence-electron chi connectivity index (χ4n) is 1.77. The molecule has 0 aromatic heterocycles. The zero-order valence-electron chi connectivity index (χ0n) is 11.6. The molecule has 1 N–H and O–H groups in total. The average molecular weight is 403 g/mol. The van der Waals surface area contributed by atoms with Gasteiger partial charge >= 0.3 is 6.61 Å². The minimum absolute atomic E-state index is 0.0485. The maximum absolute atomic E-state index is 12.5. The van der Waals surface area contributed by atoms with E-state index in [4.69, 9.17) is 11.6 Å². The van der Waals surface area contributed by atoms with E-state index in [0.29, 0.717) is 0 Å². The Morgan fingerprint density at radius 3 is 2.61 bits per heavy atom. The molecule has 0 aliphatic rings. The standard InChI is InChI=1S/C16H11BrClF2NO2/c17-12-8-11(18)9-13(15(12)23-16(19)20)21-14(22)7-6-10-4-2-1-3-5-10/h1-9,16H,(H,21,22)/b7-6+. The molecule has 1 amide bonds. The summed E-state index contributed by atoms with van der Waals surface area (Å²) in [5.74, 6) is -0.687. The molecule has 3 nitrogen and oxygen atoms in total. The second kappa shape index (κ2) is 8.08. The van der Waals surface area contributed by atoms with E-state index in [-0.39, 0.29) is 20.9 Å². The number of rotatable bonds is 5. The predicted octanol–water partition coefficient (Wildman–Crippen LogP) is 5.36. The van der Waals surface area contributed by atoms with Gasteiger partial charge in [0.25, 0.3) is 0 Å². The van der Waals surface area contributed by atoms with Crippen LogP contribution in [0.5, 0.6) is 5.75 Å². The van der Waals surface area contributed by atoms with Crippen molar-refractivity contribution in [3.05, 3.63) is 63.6 Å². The van der Waals surface area contributed by atoms with E-state index in [1.807, 2.05) is 30.3 Å². The molecule has 0 heterocycles. The minimum atomic E-state index is -3.03. The summed E-state index contributed by atoms with van der Waals surface area (Å²) in [4.78, 5) is 11.9. The number of carbonyl (C=O) groups excluding carboxylic acids is 1. The average Bonchev–Trinajstić information content (AvgIpc) is 2.49. The number of amides is 1. The summed E-state index contributed by atoms with van der Waals surface area (Å²) in [5.41, 5.74) is 0.881. The second-order valence-corrected chi connectivity index (χ2v) is 5.67. The lowest BCUT2D eigenvalue weighted by atomic mass is 10.2. The molecule has 2 aromatic carbocycles. The molecule has 0 spiro atoms. The van der Waals surface area contributed by atoms with Crippen LogP contribution < -0.4 is 10.1 Å². The van der Waals surface area contributed by atoms with Gasteiger partial charge < -0.3 is 10.1 Å². The van der Waals surface area contributed by atoms with Gasteiger partial charge in [-0.3, -0.25) is 4.79 Å². The first kappa shape index (κ1) is 17.4. The Labute approximate surface area is 145 Å². The second-order valence-electron chi connectivity index (χ2n) is 4.38. The highest BCUT2D eigenvalue weighted by atomic mass is 79.9. The molecule has 0 fully saturated rings. The summed E-state index contributed by atoms with van der Waals surface area (Å²) < 4.78 is 29.6. The molecule has 7 heteroatoms. The van der Waals surface area contributed by atoms with E-state index in [1.54, 1.807) is 6.08 Å². The van der Waals surface area contributed by atoms with Crippen molar-refractivity contribution in [2.24, 2.45) is 0 Å². The monoisotopic (exact) mass is 401 g/mol. The number of benzene rings is 2. The van der Waals surface area contributed by atoms with Gasteiger partial charge in [-0.1, -0.05) is 41.9 Å². The fraction of sp³-hybridized carbons (Fsp3) is 0.0625. The molecule has 0 saturated heterocycles. The van der Waals surface area contributed by atoms with Crippen LogP contribution in [0.15, 0.2) is 53.0 Å². The van der Waals surface area contributed by atoms with Crippen LogP contribution in [0.4, 0.5) is 14.5 Å². The van der Waals surface area contributed by atoms with Crippen molar-refractivity contribution in [1.29, 1.82) is 0 Å². The van der Waals surface area contributed by atoms with Crippen molar-refractivity contribution >= 4 is 45.2 Å². The topological polar surface area (TPSA) is 38.3 Å². The first-order chi connectivity index (χ1) is 11.0. The molecule has 0 aliphatic heterocycles. The van der Waals surface area contributed by atoms with E-state index in [2.05, 4.69) is 26.0 Å². The highest BCUT2D eigenvalue weighted by Gasteiger charge is 2.16. The smallest absolute Gasteiger partial charge is 0.387 e. The van der Waals surface area contributed by atoms with E-state index in [1.165, 1.54) is 18.2 Å². The van der Waals surface area contributed by atoms with Crippen LogP contribution >= 0.6 is 27.5 Å². The SMILES string of the molecule is O=C(/C=C/c1ccccc1)Nc1cc(Cl)cc(Br)c1OC(F)F. The Morgan fingerprint density at radius 2 is 1.96 bits per heavy atom. The molecule has 0 atom stereocenters. The molecular weight excluding hydrogens is 392 g/mol. The quantitative estimate of drug-likeness (QED) is 0.684. The predicted molar refractivity (Wildman–Crippen MR) is 89.9 cm³/mol. The molecule has 120 valence electrons. The number of halogens is 4. The molecule has 23 heavy (non-hydrogen) atoms. The van der Waals surface area contributed by atoms with Crippen molar-refractivity contribution in [2.45, 2.75) is 6.61 Å². The Morgan fingerprint density at radius 1 is 1.26 bits per heavy atom. The summed E-state index contributed by atoms with van der Waals surface area (Å²) >= 11 is 8.95. The molecule has 0 bridgehead atoms. The van der Waals surface area contributed by atoms with Crippen LogP contribution in [-0.4, -0.2) is 12.5 Å². The largest absolute Gasteiger partial charge is 0.431 e. The van der Waals surface area contributed by atoms with Crippen LogP contribution in [0.3, 0.4) is 0 Å². The van der Waals surface area contributed by atoms with Gasteiger partial charge in [0.2, 0.25) is 5.91 Å². The third-order valence-electron chi connectivity index (χ3n) is 2.70. The highest BCUT2D eigenvalue weighted by molar-refractivity contribution is 9.10. The molecule has 0 aliphatic carbocycles. The van der Waals surface area contributed by atoms with E-state index < -0.39 is 12.5 Å². The van der Waals surface area contributed by atoms with Gasteiger partial charge in [-0.15, -0.1) is 0 Å². The van der Waals surface area contributed by atoms with Crippen LogP contribution in [0, 0.1) is 0 Å². The third-order valence-corrected chi connectivity index (χ3v) is 3.51. The molecular formula is C16H11BrClF2NO2. The Hall–Kier alpha value is -1.92. The van der Waals surface area contributed by atoms with E-state index >= 15 is 0 Å². The first-order valence-electron chi connectivity index (χ1n) is 6.43. The Kier molecular flexibility index (Phi) is 6.12. The highest BCUT2D eigenvalue weighted by Crippen LogP contribution is 2.37. The van der Waals surface area contributed by atoms with Gasteiger partial charge in [-0.25, -0.2) is 0 Å². The number of hydrogen-bond donors (Lipinski definition) is 1. The summed E-state index contributed by atoms with van der Waals surface area (Å²) in [7, 11) is 0. The summed E-state index contributed by atoms with van der Waals surface area (Å²) in [6.45, 7) is -3.03. The summed E-state index contributed by atoms with van der Waals surface area (Å²) in [5, 5.41) is 2.73. The molecule has 2 aromatic rings. The Balaban J connectivity index is 2.18. The van der Waals surface area contributed by atoms with Gasteiger partial charge in [0.05, 0.1) is 10.2 Å². The summed E-state index contributed by atoms with van der Waals surface area (Å²) in [6.07, 6.45) is 2.89. The van der Waals surface area contributed by atoms with Crippen molar-refractivity contribution in [1.82, 2.24) is 0 Å². The van der Waals surface area contributed by atoms with Crippen LogP contribution in [0.2, 0.25) is 5.02 Å². The van der Waals surface area contributed by atoms with E-state index in [9.17, 15) is 13.6 Å². The van der Waals surface area contributed by atoms with Crippen LogP contribution in [0.1, 0.15) is 5.56 Å². The number of anilines is 1. The molecule has 2 rings (SSSR count). The number of carbonyl (C=O) groups is 1. The third kappa shape index (κ3) is 5.33. The maximum atomic E-state index is 12.5. The number of hydrogen-bond acceptors (Lipinski definition) is 2. The molecule has 0 radical (unpaired) electrons. The maximum Gasteiger partial charge on any atom is 0.387 e. The lowest BCUT2D eigenvalue weighted by Gasteiger charge is -2.13. The molecule has 0 unspecified atom stereocenters. The number of ether oxygens (including phenoxy) is 1. The fourth-order valence-corrected chi connectivity index (χ4v) is 2.68. The normalized spacial score (nSPS) is 11.0. The van der Waals surface area contributed by atoms with Gasteiger partial charge in [-0.2, -0.15) is 8.78 Å². The number of nitrogens with one attached hydrogen (secondary N) is 1. The number of alkyl halides is 2. The Bertz CT molecular complexity index is 724. The first-order valence-corrected chi connectivity index (χ1v) is 7.61. The van der Waals surface area contributed by atoms with E-state index in [0.717, 1.165) is 5.56 Å². The lowest BCUT2D eigenvalue weighted by Crippen LogP contribution is -2.11. The minimum Gasteiger partial charge on any atom is -0.431 e. The summed E-state index contributed by atoms with van der Waals surface area (Å²) in [6, 6.07) is 11.9. The van der Waals surface area contributed by atoms with Crippen molar-refractivity contribution in [3.8, 4) is 5.75 Å². The lowest BCUT2D eigenvalue weighted by molar-refractivity contribution is -0.111. The van der Waals surface area contributed by atoms with Crippen molar-refractivity contribution < 1.29 is 18.3 Å². The van der Waals surface area contributed by atoms with Crippen molar-refractivity contribution in [3.63, 3.8) is 0 Å². The van der Waals surface area contributed by atoms with Crippen LogP contribution in [-0.2, 0) is 4.79 Å². The van der Waals surface area contributed by atoms with Crippen molar-refractivity contribution in [2.75, 3.05) is 5.32 Å². The van der Waals surface area contributed by atoms with Gasteiger partial charge in [0.15, 0.2) is 5.75 Å². The zero-order valence-corrected chi connectivity index (χ0v) is 13.9.